The molecule has 4 heteroatoms. The largest absolute Gasteiger partial charge is 0.164 e. The van der Waals surface area contributed by atoms with Gasteiger partial charge in [-0.2, -0.15) is 0 Å². The molecular formula is C3H3N2S2. The van der Waals surface area contributed by atoms with E-state index in [1.54, 1.807) is 0 Å². The van der Waals surface area contributed by atoms with Gasteiger partial charge in [-0.3, -0.25) is 0 Å². The quantitative estimate of drug-likeness (QED) is 0.532. The summed E-state index contributed by atoms with van der Waals surface area (Å²) in [7, 11) is 0. The first kappa shape index (κ1) is 4.93. The Morgan fingerprint density at radius 2 is 2.43 bits per heavy atom. The fourth-order valence-electron chi connectivity index (χ4n) is 0.228. The average Bonchev–Trinajstić information content (AvgIpc) is 1.91. The second kappa shape index (κ2) is 1.71. The number of aryl methyl sites for hydroxylation is 1. The van der Waals surface area contributed by atoms with E-state index in [0.717, 1.165) is 4.88 Å². The summed E-state index contributed by atoms with van der Waals surface area (Å²) in [6, 6.07) is 0. The van der Waals surface area contributed by atoms with Gasteiger partial charge in [0.1, 0.15) is 0 Å². The van der Waals surface area contributed by atoms with Gasteiger partial charge in [0.2, 0.25) is 0 Å². The van der Waals surface area contributed by atoms with Crippen LogP contribution in [0.1, 0.15) is 4.88 Å². The van der Waals surface area contributed by atoms with E-state index in [9.17, 15) is 0 Å². The van der Waals surface area contributed by atoms with Crippen LogP contribution in [0.2, 0.25) is 0 Å². The average molecular weight is 131 g/mol. The van der Waals surface area contributed by atoms with Gasteiger partial charge in [0.05, 0.1) is 4.88 Å². The Morgan fingerprint density at radius 1 is 1.71 bits per heavy atom. The molecule has 0 saturated carbocycles. The summed E-state index contributed by atoms with van der Waals surface area (Å²) < 4.78 is 3.61. The van der Waals surface area contributed by atoms with Gasteiger partial charge in [0.15, 0.2) is 5.03 Å². The Labute approximate surface area is 51.1 Å². The Hall–Kier alpha value is -0.220. The van der Waals surface area contributed by atoms with Gasteiger partial charge in [-0.15, -0.1) is 5.10 Å². The number of rotatable bonds is 0. The number of aromatic nitrogens is 2. The minimum absolute atomic E-state index is 0.630. The molecular weight excluding hydrogens is 128 g/mol. The third-order valence-electron chi connectivity index (χ3n) is 0.611. The number of hydrogen-bond acceptors (Lipinski definition) is 3. The van der Waals surface area contributed by atoms with Crippen molar-refractivity contribution >= 4 is 24.2 Å². The second-order valence-corrected chi connectivity index (χ2v) is 2.48. The van der Waals surface area contributed by atoms with Crippen LogP contribution in [0.4, 0.5) is 0 Å². The molecule has 1 aromatic rings. The number of hydrogen-bond donors (Lipinski definition) is 0. The van der Waals surface area contributed by atoms with E-state index in [4.69, 9.17) is 12.6 Å². The maximum absolute atomic E-state index is 4.72. The molecule has 0 aliphatic carbocycles. The van der Waals surface area contributed by atoms with Crippen LogP contribution < -0.4 is 0 Å². The van der Waals surface area contributed by atoms with E-state index < -0.39 is 0 Å². The smallest absolute Gasteiger partial charge is 0.126 e. The molecule has 0 aromatic carbocycles. The maximum atomic E-state index is 4.72. The van der Waals surface area contributed by atoms with Crippen LogP contribution in [0, 0.1) is 6.92 Å². The molecule has 0 saturated heterocycles. The third-order valence-corrected chi connectivity index (χ3v) is 1.76. The first-order valence-electron chi connectivity index (χ1n) is 1.76. The molecule has 0 aliphatic heterocycles. The van der Waals surface area contributed by atoms with Gasteiger partial charge in [-0.1, -0.05) is 17.1 Å². The molecule has 1 rings (SSSR count). The highest BCUT2D eigenvalue weighted by Gasteiger charge is 1.94. The molecule has 0 amide bonds. The fourth-order valence-corrected chi connectivity index (χ4v) is 0.796. The first-order chi connectivity index (χ1) is 3.30. The van der Waals surface area contributed by atoms with E-state index in [1.807, 2.05) is 6.92 Å². The molecule has 0 unspecified atom stereocenters. The predicted molar refractivity (Wildman–Crippen MR) is 30.5 cm³/mol. The zero-order chi connectivity index (χ0) is 5.28. The molecule has 1 heterocycles. The SMILES string of the molecule is Cc1snnc1[S]. The summed E-state index contributed by atoms with van der Waals surface area (Å²) in [6.45, 7) is 1.91. The number of nitrogens with zero attached hydrogens (tertiary/aromatic N) is 2. The molecule has 37 valence electrons. The van der Waals surface area contributed by atoms with Gasteiger partial charge in [-0.05, 0) is 18.5 Å². The minimum atomic E-state index is 0.630. The minimum Gasteiger partial charge on any atom is -0.126 e. The van der Waals surface area contributed by atoms with Crippen molar-refractivity contribution in [2.75, 3.05) is 0 Å². The van der Waals surface area contributed by atoms with Crippen molar-refractivity contribution in [1.82, 2.24) is 9.59 Å². The van der Waals surface area contributed by atoms with Crippen LogP contribution in [0.25, 0.3) is 0 Å². The molecule has 0 bridgehead atoms. The van der Waals surface area contributed by atoms with Crippen molar-refractivity contribution in [3.63, 3.8) is 0 Å². The van der Waals surface area contributed by atoms with Crippen LogP contribution in [-0.4, -0.2) is 9.59 Å². The van der Waals surface area contributed by atoms with Crippen LogP contribution in [0.15, 0.2) is 5.03 Å². The lowest BCUT2D eigenvalue weighted by molar-refractivity contribution is 1.02. The highest BCUT2D eigenvalue weighted by Crippen LogP contribution is 2.10. The summed E-state index contributed by atoms with van der Waals surface area (Å²) in [4.78, 5) is 1.02. The highest BCUT2D eigenvalue weighted by atomic mass is 32.1. The van der Waals surface area contributed by atoms with Crippen molar-refractivity contribution in [3.05, 3.63) is 4.88 Å². The molecule has 0 aliphatic rings. The monoisotopic (exact) mass is 131 g/mol. The third kappa shape index (κ3) is 0.863. The summed E-state index contributed by atoms with van der Waals surface area (Å²) in [6.07, 6.45) is 0. The van der Waals surface area contributed by atoms with Crippen LogP contribution in [0.5, 0.6) is 0 Å². The molecule has 0 fully saturated rings. The van der Waals surface area contributed by atoms with Crippen LogP contribution in [0.3, 0.4) is 0 Å². The lowest BCUT2D eigenvalue weighted by Crippen LogP contribution is -1.64. The van der Waals surface area contributed by atoms with Crippen LogP contribution in [-0.2, 0) is 0 Å². The van der Waals surface area contributed by atoms with Gasteiger partial charge < -0.3 is 0 Å². The Kier molecular flexibility index (Phi) is 1.21. The van der Waals surface area contributed by atoms with E-state index in [0.29, 0.717) is 5.03 Å². The maximum Gasteiger partial charge on any atom is 0.164 e. The molecule has 1 aromatic heterocycles. The van der Waals surface area contributed by atoms with Gasteiger partial charge in [0, 0.05) is 0 Å². The standard InChI is InChI=1S/C3H3N2S2/c1-2-3(6)4-5-7-2/h1H3. The van der Waals surface area contributed by atoms with Crippen LogP contribution >= 0.6 is 24.2 Å². The summed E-state index contributed by atoms with van der Waals surface area (Å²) >= 11 is 6.06. The van der Waals surface area contributed by atoms with Crippen molar-refractivity contribution in [1.29, 1.82) is 0 Å². The van der Waals surface area contributed by atoms with E-state index >= 15 is 0 Å². The van der Waals surface area contributed by atoms with Crippen molar-refractivity contribution in [2.24, 2.45) is 0 Å². The van der Waals surface area contributed by atoms with E-state index in [2.05, 4.69) is 9.59 Å². The summed E-state index contributed by atoms with van der Waals surface area (Å²) in [5.74, 6) is 0. The van der Waals surface area contributed by atoms with Crippen molar-refractivity contribution in [3.8, 4) is 0 Å². The van der Waals surface area contributed by atoms with Gasteiger partial charge in [-0.25, -0.2) is 0 Å². The normalized spacial score (nSPS) is 9.29. The molecule has 0 spiro atoms. The second-order valence-electron chi connectivity index (χ2n) is 1.13. The van der Waals surface area contributed by atoms with Gasteiger partial charge >= 0.3 is 0 Å². The van der Waals surface area contributed by atoms with Crippen molar-refractivity contribution < 1.29 is 0 Å². The van der Waals surface area contributed by atoms with Gasteiger partial charge in [0.25, 0.3) is 0 Å². The van der Waals surface area contributed by atoms with E-state index in [1.165, 1.54) is 11.5 Å². The Morgan fingerprint density at radius 3 is 2.57 bits per heavy atom. The lowest BCUT2D eigenvalue weighted by atomic mass is 10.6. The fraction of sp³-hybridized carbons (Fsp3) is 0.333. The highest BCUT2D eigenvalue weighted by molar-refractivity contribution is 7.80. The molecule has 1 radical (unpaired) electrons. The Balaban J connectivity index is 3.12. The summed E-state index contributed by atoms with van der Waals surface area (Å²) in [5.41, 5.74) is 0. The molecule has 0 atom stereocenters. The molecule has 2 nitrogen and oxygen atoms in total. The first-order valence-corrected chi connectivity index (χ1v) is 2.95. The zero-order valence-electron chi connectivity index (χ0n) is 3.71. The molecule has 7 heavy (non-hydrogen) atoms. The Bertz CT molecular complexity index is 143. The lowest BCUT2D eigenvalue weighted by Gasteiger charge is -1.71. The zero-order valence-corrected chi connectivity index (χ0v) is 5.34. The molecule has 0 N–H and O–H groups in total. The summed E-state index contributed by atoms with van der Waals surface area (Å²) in [5, 5.41) is 4.23. The predicted octanol–water partition coefficient (Wildman–Crippen LogP) is 1.40. The van der Waals surface area contributed by atoms with Crippen molar-refractivity contribution in [2.45, 2.75) is 11.9 Å². The van der Waals surface area contributed by atoms with E-state index in [-0.39, 0.29) is 0 Å². The topological polar surface area (TPSA) is 25.8 Å².